The molecule has 2 aliphatic rings. The molecule has 0 aromatic carbocycles. The van der Waals surface area contributed by atoms with Gasteiger partial charge in [-0.05, 0) is 13.3 Å². The van der Waals surface area contributed by atoms with E-state index in [1.807, 2.05) is 4.90 Å². The van der Waals surface area contributed by atoms with Gasteiger partial charge in [-0.3, -0.25) is 19.8 Å². The van der Waals surface area contributed by atoms with Crippen molar-refractivity contribution in [3.05, 3.63) is 0 Å². The number of aliphatic hydroxyl groups is 1. The third-order valence-corrected chi connectivity index (χ3v) is 2.87. The number of carbonyl (C=O) groups excluding carboxylic acids is 2. The summed E-state index contributed by atoms with van der Waals surface area (Å²) in [6.07, 6.45) is 0.889. The van der Waals surface area contributed by atoms with Crippen molar-refractivity contribution >= 4 is 11.8 Å². The first-order valence-corrected chi connectivity index (χ1v) is 4.78. The van der Waals surface area contributed by atoms with Crippen LogP contribution < -0.4 is 5.32 Å². The Bertz CT molecular complexity index is 288. The lowest BCUT2D eigenvalue weighted by Gasteiger charge is -2.22. The molecule has 0 aromatic heterocycles. The van der Waals surface area contributed by atoms with Crippen LogP contribution in [0, 0.1) is 0 Å². The average Bonchev–Trinajstić information content (AvgIpc) is 2.55. The summed E-state index contributed by atoms with van der Waals surface area (Å²) in [7, 11) is 0. The molecule has 2 saturated heterocycles. The summed E-state index contributed by atoms with van der Waals surface area (Å²) in [5.74, 6) is -0.445. The fourth-order valence-electron chi connectivity index (χ4n) is 2.08. The Balaban J connectivity index is 2.04. The first-order chi connectivity index (χ1) is 6.48. The normalized spacial score (nSPS) is 39.1. The number of amides is 2. The number of hydrogen-bond acceptors (Lipinski definition) is 4. The lowest BCUT2D eigenvalue weighted by molar-refractivity contribution is -0.126. The third-order valence-electron chi connectivity index (χ3n) is 2.87. The zero-order valence-corrected chi connectivity index (χ0v) is 8.12. The second kappa shape index (κ2) is 3.03. The van der Waals surface area contributed by atoms with Crippen LogP contribution in [-0.2, 0) is 9.59 Å². The fraction of sp³-hybridized carbons (Fsp3) is 0.778. The van der Waals surface area contributed by atoms with Crippen molar-refractivity contribution in [1.82, 2.24) is 10.2 Å². The summed E-state index contributed by atoms with van der Waals surface area (Å²) in [6.45, 7) is 2.90. The van der Waals surface area contributed by atoms with Crippen molar-refractivity contribution in [2.24, 2.45) is 0 Å². The number of nitrogens with one attached hydrogen (secondary N) is 1. The van der Waals surface area contributed by atoms with Crippen LogP contribution in [0.4, 0.5) is 0 Å². The smallest absolute Gasteiger partial charge is 0.244 e. The molecule has 0 radical (unpaired) electrons. The quantitative estimate of drug-likeness (QED) is 0.522. The maximum atomic E-state index is 11.3. The molecule has 2 aliphatic heterocycles. The van der Waals surface area contributed by atoms with E-state index >= 15 is 0 Å². The van der Waals surface area contributed by atoms with Gasteiger partial charge in [0.1, 0.15) is 0 Å². The van der Waals surface area contributed by atoms with Crippen molar-refractivity contribution < 1.29 is 14.7 Å². The third kappa shape index (κ3) is 1.65. The minimum Gasteiger partial charge on any atom is -0.389 e. The first kappa shape index (κ1) is 9.61. The Labute approximate surface area is 82.1 Å². The van der Waals surface area contributed by atoms with E-state index in [9.17, 15) is 14.7 Å². The lowest BCUT2D eigenvalue weighted by atomic mass is 10.1. The molecule has 2 unspecified atom stereocenters. The Kier molecular flexibility index (Phi) is 2.08. The number of nitrogens with zero attached hydrogens (tertiary/aromatic N) is 1. The Morgan fingerprint density at radius 1 is 1.57 bits per heavy atom. The predicted molar refractivity (Wildman–Crippen MR) is 48.4 cm³/mol. The summed E-state index contributed by atoms with van der Waals surface area (Å²) < 4.78 is 0. The molecule has 2 atom stereocenters. The van der Waals surface area contributed by atoms with Gasteiger partial charge in [-0.1, -0.05) is 0 Å². The van der Waals surface area contributed by atoms with Gasteiger partial charge < -0.3 is 5.11 Å². The predicted octanol–water partition coefficient (Wildman–Crippen LogP) is -1.14. The highest BCUT2D eigenvalue weighted by Crippen LogP contribution is 2.24. The number of β-amino-alcohol motifs (C(OH)–C–C–N with tert-alkyl or cyclic N) is 1. The van der Waals surface area contributed by atoms with Crippen molar-refractivity contribution in [2.45, 2.75) is 31.4 Å². The molecule has 2 heterocycles. The highest BCUT2D eigenvalue weighted by atomic mass is 16.3. The molecule has 2 rings (SSSR count). The van der Waals surface area contributed by atoms with Crippen molar-refractivity contribution in [3.63, 3.8) is 0 Å². The highest BCUT2D eigenvalue weighted by Gasteiger charge is 2.41. The van der Waals surface area contributed by atoms with Crippen LogP contribution in [0.3, 0.4) is 0 Å². The van der Waals surface area contributed by atoms with E-state index in [-0.39, 0.29) is 24.3 Å². The van der Waals surface area contributed by atoms with Gasteiger partial charge in [0.15, 0.2) is 0 Å². The first-order valence-electron chi connectivity index (χ1n) is 4.78. The summed E-state index contributed by atoms with van der Waals surface area (Å²) in [5, 5.41) is 12.0. The minimum atomic E-state index is -0.716. The van der Waals surface area contributed by atoms with E-state index in [0.29, 0.717) is 19.5 Å². The molecule has 5 nitrogen and oxygen atoms in total. The maximum Gasteiger partial charge on any atom is 0.244 e. The van der Waals surface area contributed by atoms with Crippen molar-refractivity contribution in [1.29, 1.82) is 0 Å². The van der Waals surface area contributed by atoms with Crippen LogP contribution in [0.5, 0.6) is 0 Å². The van der Waals surface area contributed by atoms with E-state index in [1.54, 1.807) is 6.92 Å². The van der Waals surface area contributed by atoms with Crippen LogP contribution >= 0.6 is 0 Å². The molecule has 2 fully saturated rings. The van der Waals surface area contributed by atoms with E-state index in [1.165, 1.54) is 0 Å². The zero-order valence-electron chi connectivity index (χ0n) is 8.12. The number of rotatable bonds is 1. The monoisotopic (exact) mass is 198 g/mol. The van der Waals surface area contributed by atoms with Crippen molar-refractivity contribution in [2.75, 3.05) is 13.1 Å². The van der Waals surface area contributed by atoms with Crippen LogP contribution in [0.1, 0.15) is 19.8 Å². The Morgan fingerprint density at radius 3 is 2.71 bits per heavy atom. The van der Waals surface area contributed by atoms with Gasteiger partial charge >= 0.3 is 0 Å². The molecule has 2 N–H and O–H groups in total. The average molecular weight is 198 g/mol. The SMILES string of the molecule is CC1(O)CCN(C2CC(=O)NC2=O)C1. The summed E-state index contributed by atoms with van der Waals surface area (Å²) in [4.78, 5) is 24.2. The summed E-state index contributed by atoms with van der Waals surface area (Å²) in [5.41, 5.74) is -0.716. The van der Waals surface area contributed by atoms with Gasteiger partial charge in [0.05, 0.1) is 18.1 Å². The molecule has 14 heavy (non-hydrogen) atoms. The molecule has 0 saturated carbocycles. The van der Waals surface area contributed by atoms with E-state index in [2.05, 4.69) is 5.32 Å². The van der Waals surface area contributed by atoms with E-state index in [4.69, 9.17) is 0 Å². The molecule has 5 heteroatoms. The fourth-order valence-corrected chi connectivity index (χ4v) is 2.08. The number of hydrogen-bond donors (Lipinski definition) is 2. The molecular weight excluding hydrogens is 184 g/mol. The second-order valence-electron chi connectivity index (χ2n) is 4.35. The van der Waals surface area contributed by atoms with Gasteiger partial charge in [0, 0.05) is 13.1 Å². The number of carbonyl (C=O) groups is 2. The van der Waals surface area contributed by atoms with Crippen LogP contribution in [0.25, 0.3) is 0 Å². The standard InChI is InChI=1S/C9H14N2O3/c1-9(14)2-3-11(5-9)6-4-7(12)10-8(6)13/h6,14H,2-5H2,1H3,(H,10,12,13). The highest BCUT2D eigenvalue weighted by molar-refractivity contribution is 6.05. The summed E-state index contributed by atoms with van der Waals surface area (Å²) in [6, 6.07) is -0.364. The topological polar surface area (TPSA) is 69.6 Å². The van der Waals surface area contributed by atoms with E-state index in [0.717, 1.165) is 0 Å². The van der Waals surface area contributed by atoms with Gasteiger partial charge in [-0.2, -0.15) is 0 Å². The largest absolute Gasteiger partial charge is 0.389 e. The van der Waals surface area contributed by atoms with Gasteiger partial charge in [-0.25, -0.2) is 0 Å². The molecular formula is C9H14N2O3. The minimum absolute atomic E-state index is 0.216. The second-order valence-corrected chi connectivity index (χ2v) is 4.35. The molecule has 0 bridgehead atoms. The molecule has 0 aromatic rings. The number of imide groups is 1. The van der Waals surface area contributed by atoms with Crippen molar-refractivity contribution in [3.8, 4) is 0 Å². The number of likely N-dealkylation sites (tertiary alicyclic amines) is 1. The van der Waals surface area contributed by atoms with Crippen LogP contribution in [0.15, 0.2) is 0 Å². The lowest BCUT2D eigenvalue weighted by Crippen LogP contribution is -2.41. The summed E-state index contributed by atoms with van der Waals surface area (Å²) >= 11 is 0. The molecule has 0 spiro atoms. The maximum absolute atomic E-state index is 11.3. The Hall–Kier alpha value is -0.940. The van der Waals surface area contributed by atoms with Crippen LogP contribution in [-0.4, -0.2) is 46.6 Å². The van der Waals surface area contributed by atoms with Crippen LogP contribution in [0.2, 0.25) is 0 Å². The Morgan fingerprint density at radius 2 is 2.29 bits per heavy atom. The van der Waals surface area contributed by atoms with Gasteiger partial charge in [-0.15, -0.1) is 0 Å². The molecule has 0 aliphatic carbocycles. The molecule has 78 valence electrons. The van der Waals surface area contributed by atoms with Gasteiger partial charge in [0.25, 0.3) is 0 Å². The van der Waals surface area contributed by atoms with E-state index < -0.39 is 5.60 Å². The zero-order chi connectivity index (χ0) is 10.3. The van der Waals surface area contributed by atoms with Gasteiger partial charge in [0.2, 0.25) is 11.8 Å². The molecule has 2 amide bonds.